The number of rotatable bonds is 7. The second kappa shape index (κ2) is 8.02. The predicted octanol–water partition coefficient (Wildman–Crippen LogP) is 3.58. The summed E-state index contributed by atoms with van der Waals surface area (Å²) in [6.45, 7) is 2.07. The molecule has 0 bridgehead atoms. The molecule has 1 heterocycles. The Labute approximate surface area is 139 Å². The van der Waals surface area contributed by atoms with Crippen LogP contribution >= 0.6 is 11.6 Å². The Morgan fingerprint density at radius 1 is 1.30 bits per heavy atom. The van der Waals surface area contributed by atoms with Crippen LogP contribution in [0.15, 0.2) is 18.2 Å². The number of esters is 2. The highest BCUT2D eigenvalue weighted by Crippen LogP contribution is 2.29. The number of carbonyl (C=O) groups is 2. The Bertz CT molecular complexity index is 708. The molecule has 1 aromatic heterocycles. The number of hydrogen-bond donors (Lipinski definition) is 1. The van der Waals surface area contributed by atoms with Crippen LogP contribution in [0.25, 0.3) is 10.9 Å². The molecule has 0 aliphatic heterocycles. The smallest absolute Gasteiger partial charge is 0.355 e. The second-order valence-electron chi connectivity index (χ2n) is 5.10. The number of carbonyl (C=O) groups excluding carboxylic acids is 2. The van der Waals surface area contributed by atoms with Crippen LogP contribution in [-0.4, -0.2) is 30.6 Å². The van der Waals surface area contributed by atoms with Crippen molar-refractivity contribution in [3.63, 3.8) is 0 Å². The summed E-state index contributed by atoms with van der Waals surface area (Å²) >= 11 is 6.03. The normalized spacial score (nSPS) is 10.7. The summed E-state index contributed by atoms with van der Waals surface area (Å²) in [7, 11) is 1.36. The summed E-state index contributed by atoms with van der Waals surface area (Å²) in [5.74, 6) is -0.307. The van der Waals surface area contributed by atoms with Gasteiger partial charge in [0, 0.05) is 23.2 Å². The van der Waals surface area contributed by atoms with E-state index in [9.17, 15) is 9.59 Å². The molecule has 23 heavy (non-hydrogen) atoms. The van der Waals surface area contributed by atoms with Gasteiger partial charge in [-0.2, -0.15) is 0 Å². The third-order valence-electron chi connectivity index (χ3n) is 3.67. The molecule has 0 aliphatic carbocycles. The van der Waals surface area contributed by atoms with E-state index in [1.807, 2.05) is 18.2 Å². The molecule has 6 heteroatoms. The first-order valence-corrected chi connectivity index (χ1v) is 8.08. The third kappa shape index (κ3) is 3.85. The van der Waals surface area contributed by atoms with Gasteiger partial charge in [0.2, 0.25) is 0 Å². The highest BCUT2D eigenvalue weighted by Gasteiger charge is 2.20. The molecule has 0 saturated carbocycles. The van der Waals surface area contributed by atoms with Crippen molar-refractivity contribution in [2.45, 2.75) is 32.1 Å². The summed E-state index contributed by atoms with van der Waals surface area (Å²) in [5.41, 5.74) is 3.08. The SMILES string of the molecule is CCOC(=O)c1[nH]c2cccc(CCl)c2c1CCCC(=O)OC. The first kappa shape index (κ1) is 17.3. The van der Waals surface area contributed by atoms with Gasteiger partial charge in [-0.25, -0.2) is 4.79 Å². The number of aromatic amines is 1. The molecule has 124 valence electrons. The van der Waals surface area contributed by atoms with E-state index in [1.165, 1.54) is 7.11 Å². The van der Waals surface area contributed by atoms with E-state index < -0.39 is 5.97 Å². The van der Waals surface area contributed by atoms with Crippen LogP contribution in [0.1, 0.15) is 41.4 Å². The van der Waals surface area contributed by atoms with E-state index in [0.29, 0.717) is 37.4 Å². The van der Waals surface area contributed by atoms with Crippen molar-refractivity contribution in [1.29, 1.82) is 0 Å². The Hall–Kier alpha value is -2.01. The largest absolute Gasteiger partial charge is 0.469 e. The van der Waals surface area contributed by atoms with Gasteiger partial charge in [0.1, 0.15) is 5.69 Å². The number of hydrogen-bond acceptors (Lipinski definition) is 4. The van der Waals surface area contributed by atoms with Crippen LogP contribution < -0.4 is 0 Å². The number of fused-ring (bicyclic) bond motifs is 1. The minimum atomic E-state index is -0.391. The summed E-state index contributed by atoms with van der Waals surface area (Å²) in [4.78, 5) is 26.6. The van der Waals surface area contributed by atoms with Gasteiger partial charge in [0.25, 0.3) is 0 Å². The van der Waals surface area contributed by atoms with Gasteiger partial charge in [0.15, 0.2) is 0 Å². The van der Waals surface area contributed by atoms with Crippen molar-refractivity contribution in [3.05, 3.63) is 35.0 Å². The minimum absolute atomic E-state index is 0.264. The van der Waals surface area contributed by atoms with Gasteiger partial charge < -0.3 is 14.5 Å². The number of aryl methyl sites for hydroxylation is 1. The van der Waals surface area contributed by atoms with Gasteiger partial charge in [-0.3, -0.25) is 4.79 Å². The summed E-state index contributed by atoms with van der Waals surface area (Å²) in [5, 5.41) is 0.940. The quantitative estimate of drug-likeness (QED) is 0.619. The van der Waals surface area contributed by atoms with Crippen molar-refractivity contribution in [2.75, 3.05) is 13.7 Å². The fraction of sp³-hybridized carbons (Fsp3) is 0.412. The highest BCUT2D eigenvalue weighted by molar-refractivity contribution is 6.18. The number of alkyl halides is 1. The Balaban J connectivity index is 2.41. The molecule has 0 radical (unpaired) electrons. The van der Waals surface area contributed by atoms with Gasteiger partial charge in [0.05, 0.1) is 13.7 Å². The van der Waals surface area contributed by atoms with E-state index in [4.69, 9.17) is 16.3 Å². The number of nitrogens with one attached hydrogen (secondary N) is 1. The summed E-state index contributed by atoms with van der Waals surface area (Å²) in [6.07, 6.45) is 1.45. The molecule has 0 fully saturated rings. The maximum atomic E-state index is 12.2. The van der Waals surface area contributed by atoms with E-state index in [1.54, 1.807) is 6.92 Å². The average molecular weight is 338 g/mol. The van der Waals surface area contributed by atoms with Crippen molar-refractivity contribution in [2.24, 2.45) is 0 Å². The number of benzene rings is 1. The number of halogens is 1. The molecule has 2 aromatic rings. The molecule has 0 aliphatic rings. The maximum Gasteiger partial charge on any atom is 0.355 e. The van der Waals surface area contributed by atoms with Crippen LogP contribution in [0.5, 0.6) is 0 Å². The highest BCUT2D eigenvalue weighted by atomic mass is 35.5. The molecule has 1 N–H and O–H groups in total. The van der Waals surface area contributed by atoms with Crippen molar-refractivity contribution in [1.82, 2.24) is 4.98 Å². The molecule has 1 aromatic carbocycles. The standard InChI is InChI=1S/C17H20ClNO4/c1-3-23-17(21)16-12(7-5-9-14(20)22-2)15-11(10-18)6-4-8-13(15)19-16/h4,6,8,19H,3,5,7,9-10H2,1-2H3. The van der Waals surface area contributed by atoms with Crippen LogP contribution in [0, 0.1) is 0 Å². The fourth-order valence-electron chi connectivity index (χ4n) is 2.65. The second-order valence-corrected chi connectivity index (χ2v) is 5.37. The predicted molar refractivity (Wildman–Crippen MR) is 88.8 cm³/mol. The Morgan fingerprint density at radius 2 is 2.09 bits per heavy atom. The molecule has 0 saturated heterocycles. The zero-order chi connectivity index (χ0) is 16.8. The van der Waals surface area contributed by atoms with Crippen LogP contribution in [-0.2, 0) is 26.6 Å². The zero-order valence-corrected chi connectivity index (χ0v) is 14.0. The summed E-state index contributed by atoms with van der Waals surface area (Å²) < 4.78 is 9.78. The van der Waals surface area contributed by atoms with E-state index in [-0.39, 0.29) is 5.97 Å². The van der Waals surface area contributed by atoms with E-state index in [0.717, 1.165) is 22.0 Å². The Morgan fingerprint density at radius 3 is 2.74 bits per heavy atom. The maximum absolute atomic E-state index is 12.2. The van der Waals surface area contributed by atoms with Gasteiger partial charge in [-0.15, -0.1) is 11.6 Å². The van der Waals surface area contributed by atoms with Gasteiger partial charge in [-0.1, -0.05) is 12.1 Å². The number of H-pyrrole nitrogens is 1. The molecule has 0 unspecified atom stereocenters. The van der Waals surface area contributed by atoms with Crippen LogP contribution in [0.2, 0.25) is 0 Å². The summed E-state index contributed by atoms with van der Waals surface area (Å²) in [6, 6.07) is 5.73. The van der Waals surface area contributed by atoms with Crippen LogP contribution in [0.3, 0.4) is 0 Å². The molecular formula is C17H20ClNO4. The van der Waals surface area contributed by atoms with E-state index in [2.05, 4.69) is 9.72 Å². The lowest BCUT2D eigenvalue weighted by Crippen LogP contribution is -2.08. The molecule has 5 nitrogen and oxygen atoms in total. The fourth-order valence-corrected chi connectivity index (χ4v) is 2.87. The minimum Gasteiger partial charge on any atom is -0.469 e. The first-order valence-electron chi connectivity index (χ1n) is 7.54. The first-order chi connectivity index (χ1) is 11.1. The Kier molecular flexibility index (Phi) is 6.04. The van der Waals surface area contributed by atoms with Gasteiger partial charge >= 0.3 is 11.9 Å². The van der Waals surface area contributed by atoms with Gasteiger partial charge in [-0.05, 0) is 37.0 Å². The number of aromatic nitrogens is 1. The van der Waals surface area contributed by atoms with Crippen molar-refractivity contribution in [3.8, 4) is 0 Å². The lowest BCUT2D eigenvalue weighted by atomic mass is 10.0. The van der Waals surface area contributed by atoms with Crippen molar-refractivity contribution < 1.29 is 19.1 Å². The lowest BCUT2D eigenvalue weighted by Gasteiger charge is -2.06. The number of methoxy groups -OCH3 is 1. The molecular weight excluding hydrogens is 318 g/mol. The molecule has 0 amide bonds. The van der Waals surface area contributed by atoms with E-state index >= 15 is 0 Å². The third-order valence-corrected chi connectivity index (χ3v) is 3.96. The average Bonchev–Trinajstić information content (AvgIpc) is 2.93. The zero-order valence-electron chi connectivity index (χ0n) is 13.3. The van der Waals surface area contributed by atoms with Crippen LogP contribution in [0.4, 0.5) is 0 Å². The lowest BCUT2D eigenvalue weighted by molar-refractivity contribution is -0.140. The molecule has 0 spiro atoms. The topological polar surface area (TPSA) is 68.4 Å². The monoisotopic (exact) mass is 337 g/mol. The molecule has 2 rings (SSSR count). The van der Waals surface area contributed by atoms with Crippen molar-refractivity contribution >= 4 is 34.4 Å². The number of ether oxygens (including phenoxy) is 2. The molecule has 0 atom stereocenters.